The summed E-state index contributed by atoms with van der Waals surface area (Å²) in [6.45, 7) is 0. The van der Waals surface area contributed by atoms with Gasteiger partial charge in [0.25, 0.3) is 0 Å². The molecule has 0 heterocycles. The first-order valence-electron chi connectivity index (χ1n) is 10.4. The monoisotopic (exact) mass is 376 g/mol. The van der Waals surface area contributed by atoms with Crippen LogP contribution in [0.15, 0.2) is 30.4 Å². The molecule has 1 aromatic rings. The average molecular weight is 376 g/mol. The lowest BCUT2D eigenvalue weighted by atomic mass is 9.68. The predicted octanol–water partition coefficient (Wildman–Crippen LogP) is 6.47. The quantitative estimate of drug-likeness (QED) is 0.578. The summed E-state index contributed by atoms with van der Waals surface area (Å²) < 4.78 is 26.6. The van der Waals surface area contributed by atoms with Gasteiger partial charge in [0.05, 0.1) is 0 Å². The van der Waals surface area contributed by atoms with Gasteiger partial charge in [0, 0.05) is 6.42 Å². The Balaban J connectivity index is 1.41. The minimum atomic E-state index is -0.763. The van der Waals surface area contributed by atoms with Gasteiger partial charge in [-0.1, -0.05) is 18.2 Å². The van der Waals surface area contributed by atoms with Crippen LogP contribution in [0.5, 0.6) is 0 Å². The Bertz CT molecular complexity index is 654. The van der Waals surface area contributed by atoms with Crippen molar-refractivity contribution < 1.29 is 18.7 Å². The maximum atomic E-state index is 13.5. The number of carboxylic acids is 1. The van der Waals surface area contributed by atoms with Crippen LogP contribution in [0.1, 0.15) is 75.7 Å². The number of hydrogen-bond acceptors (Lipinski definition) is 1. The fourth-order valence-corrected chi connectivity index (χ4v) is 4.99. The van der Waals surface area contributed by atoms with Crippen LogP contribution < -0.4 is 0 Å². The lowest BCUT2D eigenvalue weighted by Crippen LogP contribution is -2.25. The minimum absolute atomic E-state index is 0.215. The van der Waals surface area contributed by atoms with E-state index in [1.165, 1.54) is 50.7 Å². The Morgan fingerprint density at radius 3 is 2.19 bits per heavy atom. The third-order valence-corrected chi connectivity index (χ3v) is 6.60. The molecule has 2 nitrogen and oxygen atoms in total. The number of rotatable bonds is 6. The smallest absolute Gasteiger partial charge is 0.303 e. The molecule has 27 heavy (non-hydrogen) atoms. The Hall–Kier alpha value is -1.71. The number of allylic oxidation sites excluding steroid dienone is 2. The SMILES string of the molecule is O=C(O)CCC=CC1CCC(C2CCC(c3ccc(F)c(F)c3)CC2)CC1. The van der Waals surface area contributed by atoms with E-state index in [-0.39, 0.29) is 6.42 Å². The van der Waals surface area contributed by atoms with E-state index in [0.29, 0.717) is 18.3 Å². The normalized spacial score (nSPS) is 29.1. The fraction of sp³-hybridized carbons (Fsp3) is 0.609. The van der Waals surface area contributed by atoms with Crippen LogP contribution in [0.2, 0.25) is 0 Å². The lowest BCUT2D eigenvalue weighted by molar-refractivity contribution is -0.136. The zero-order valence-corrected chi connectivity index (χ0v) is 15.9. The standard InChI is InChI=1S/C23H30F2O2/c24-21-14-13-20(15-22(21)25)19-11-9-18(10-12-19)17-7-5-16(6-8-17)3-1-2-4-23(26)27/h1,3,13-19H,2,4-12H2,(H,26,27). The van der Waals surface area contributed by atoms with Crippen molar-refractivity contribution in [2.75, 3.05) is 0 Å². The van der Waals surface area contributed by atoms with Crippen LogP contribution in [0.4, 0.5) is 8.78 Å². The van der Waals surface area contributed by atoms with Gasteiger partial charge in [0.2, 0.25) is 0 Å². The van der Waals surface area contributed by atoms with Gasteiger partial charge < -0.3 is 5.11 Å². The molecule has 1 aromatic carbocycles. The highest BCUT2D eigenvalue weighted by Gasteiger charge is 2.31. The number of carboxylic acid groups (broad SMARTS) is 1. The number of halogens is 2. The van der Waals surface area contributed by atoms with E-state index < -0.39 is 17.6 Å². The second-order valence-corrected chi connectivity index (χ2v) is 8.32. The first kappa shape index (κ1) is 20.0. The Labute approximate surface area is 160 Å². The molecule has 0 radical (unpaired) electrons. The van der Waals surface area contributed by atoms with Crippen LogP contribution in [0, 0.1) is 29.4 Å². The van der Waals surface area contributed by atoms with E-state index in [2.05, 4.69) is 6.08 Å². The van der Waals surface area contributed by atoms with E-state index >= 15 is 0 Å². The van der Waals surface area contributed by atoms with Gasteiger partial charge in [-0.2, -0.15) is 0 Å². The van der Waals surface area contributed by atoms with Gasteiger partial charge >= 0.3 is 5.97 Å². The van der Waals surface area contributed by atoms with Gasteiger partial charge in [-0.05, 0) is 99.2 Å². The molecule has 0 spiro atoms. The number of hydrogen-bond donors (Lipinski definition) is 1. The molecule has 0 bridgehead atoms. The number of carbonyl (C=O) groups is 1. The summed E-state index contributed by atoms with van der Waals surface area (Å²) in [5.41, 5.74) is 0.947. The highest BCUT2D eigenvalue weighted by atomic mass is 19.2. The summed E-state index contributed by atoms with van der Waals surface area (Å²) in [5.74, 6) is 0.300. The maximum Gasteiger partial charge on any atom is 0.303 e. The summed E-state index contributed by atoms with van der Waals surface area (Å²) >= 11 is 0. The van der Waals surface area contributed by atoms with Crippen molar-refractivity contribution in [2.45, 2.75) is 70.1 Å². The summed E-state index contributed by atoms with van der Waals surface area (Å²) in [5, 5.41) is 8.68. The van der Waals surface area contributed by atoms with Gasteiger partial charge in [0.15, 0.2) is 11.6 Å². The first-order valence-corrected chi connectivity index (χ1v) is 10.4. The lowest BCUT2D eigenvalue weighted by Gasteiger charge is -2.37. The Morgan fingerprint density at radius 1 is 0.963 bits per heavy atom. The van der Waals surface area contributed by atoms with Crippen LogP contribution in [0.25, 0.3) is 0 Å². The van der Waals surface area contributed by atoms with E-state index in [1.807, 2.05) is 6.08 Å². The van der Waals surface area contributed by atoms with E-state index in [4.69, 9.17) is 5.11 Å². The summed E-state index contributed by atoms with van der Waals surface area (Å²) in [6.07, 6.45) is 14.6. The van der Waals surface area contributed by atoms with Gasteiger partial charge in [-0.3, -0.25) is 4.79 Å². The van der Waals surface area contributed by atoms with Crippen molar-refractivity contribution in [3.8, 4) is 0 Å². The van der Waals surface area contributed by atoms with Crippen LogP contribution in [-0.4, -0.2) is 11.1 Å². The zero-order valence-electron chi connectivity index (χ0n) is 15.9. The fourth-order valence-electron chi connectivity index (χ4n) is 4.99. The average Bonchev–Trinajstić information content (AvgIpc) is 2.68. The van der Waals surface area contributed by atoms with Gasteiger partial charge in [0.1, 0.15) is 0 Å². The highest BCUT2D eigenvalue weighted by Crippen LogP contribution is 2.44. The molecule has 2 saturated carbocycles. The largest absolute Gasteiger partial charge is 0.481 e. The molecular weight excluding hydrogens is 346 g/mol. The van der Waals surface area contributed by atoms with Crippen molar-refractivity contribution in [3.63, 3.8) is 0 Å². The summed E-state index contributed by atoms with van der Waals surface area (Å²) in [7, 11) is 0. The molecule has 0 saturated heterocycles. The predicted molar refractivity (Wildman–Crippen MR) is 103 cm³/mol. The van der Waals surface area contributed by atoms with Crippen molar-refractivity contribution in [1.82, 2.24) is 0 Å². The molecule has 0 aromatic heterocycles. The Kier molecular flexibility index (Phi) is 7.03. The second-order valence-electron chi connectivity index (χ2n) is 8.32. The molecule has 0 amide bonds. The minimum Gasteiger partial charge on any atom is -0.481 e. The van der Waals surface area contributed by atoms with Crippen molar-refractivity contribution in [1.29, 1.82) is 0 Å². The third kappa shape index (κ3) is 5.63. The molecule has 0 aliphatic heterocycles. The molecular formula is C23H30F2O2. The Morgan fingerprint density at radius 2 is 1.59 bits per heavy atom. The van der Waals surface area contributed by atoms with Crippen LogP contribution >= 0.6 is 0 Å². The van der Waals surface area contributed by atoms with Crippen LogP contribution in [0.3, 0.4) is 0 Å². The van der Waals surface area contributed by atoms with Crippen molar-refractivity contribution in [3.05, 3.63) is 47.5 Å². The van der Waals surface area contributed by atoms with Crippen LogP contribution in [-0.2, 0) is 4.79 Å². The third-order valence-electron chi connectivity index (χ3n) is 6.60. The molecule has 2 aliphatic rings. The second kappa shape index (κ2) is 9.48. The molecule has 4 heteroatoms. The number of aliphatic carboxylic acids is 1. The van der Waals surface area contributed by atoms with E-state index in [1.54, 1.807) is 6.07 Å². The molecule has 2 fully saturated rings. The molecule has 1 N–H and O–H groups in total. The van der Waals surface area contributed by atoms with Crippen molar-refractivity contribution in [2.24, 2.45) is 17.8 Å². The highest BCUT2D eigenvalue weighted by molar-refractivity contribution is 5.66. The summed E-state index contributed by atoms with van der Waals surface area (Å²) in [4.78, 5) is 10.5. The first-order chi connectivity index (χ1) is 13.0. The zero-order chi connectivity index (χ0) is 19.2. The molecule has 148 valence electrons. The summed E-state index contributed by atoms with van der Waals surface area (Å²) in [6, 6.07) is 4.37. The van der Waals surface area contributed by atoms with Gasteiger partial charge in [-0.15, -0.1) is 0 Å². The molecule has 2 aliphatic carbocycles. The number of benzene rings is 1. The van der Waals surface area contributed by atoms with Crippen molar-refractivity contribution >= 4 is 5.97 Å². The van der Waals surface area contributed by atoms with Gasteiger partial charge in [-0.25, -0.2) is 8.78 Å². The molecule has 0 unspecified atom stereocenters. The maximum absolute atomic E-state index is 13.5. The molecule has 3 rings (SSSR count). The van der Waals surface area contributed by atoms with E-state index in [0.717, 1.165) is 30.2 Å². The molecule has 0 atom stereocenters. The topological polar surface area (TPSA) is 37.3 Å². The van der Waals surface area contributed by atoms with E-state index in [9.17, 15) is 13.6 Å².